The van der Waals surface area contributed by atoms with E-state index in [1.165, 1.54) is 26.0 Å². The summed E-state index contributed by atoms with van der Waals surface area (Å²) in [7, 11) is 0. The number of hydrogen-bond donors (Lipinski definition) is 1. The van der Waals surface area contributed by atoms with Crippen molar-refractivity contribution in [2.45, 2.75) is 19.6 Å². The zero-order valence-electron chi connectivity index (χ0n) is 11.6. The maximum absolute atomic E-state index is 11.8. The Labute approximate surface area is 133 Å². The van der Waals surface area contributed by atoms with Crippen LogP contribution in [0.4, 0.5) is 11.4 Å². The molecule has 0 amide bonds. The number of carbonyl (C=O) groups excluding carboxylic acids is 2. The van der Waals surface area contributed by atoms with Gasteiger partial charge in [-0.1, -0.05) is 6.07 Å². The van der Waals surface area contributed by atoms with Crippen LogP contribution in [0.2, 0.25) is 0 Å². The molecule has 0 atom stereocenters. The Morgan fingerprint density at radius 1 is 1.27 bits per heavy atom. The fourth-order valence-electron chi connectivity index (χ4n) is 1.75. The second-order valence-electron chi connectivity index (χ2n) is 4.77. The molecular weight excluding hydrogens is 360 g/mol. The third-order valence-electron chi connectivity index (χ3n) is 2.66. The van der Waals surface area contributed by atoms with Crippen molar-refractivity contribution in [1.29, 1.82) is 0 Å². The molecule has 1 heterocycles. The number of hydrogen-bond acceptors (Lipinski definition) is 7. The van der Waals surface area contributed by atoms with Crippen LogP contribution in [-0.2, 0) is 19.1 Å². The molecule has 1 saturated heterocycles. The van der Waals surface area contributed by atoms with Crippen molar-refractivity contribution in [3.8, 4) is 0 Å². The molecule has 0 unspecified atom stereocenters. The average molecular weight is 371 g/mol. The first kappa shape index (κ1) is 16.0. The standard InChI is InChI=1S/C13H11BrN2O6/c1-13(2)21-11(17)7(12(18)22-13)6-15-9-5-3-4-8(14)10(9)16(19)20/h3-6,15H,1-2H3. The van der Waals surface area contributed by atoms with E-state index in [1.54, 1.807) is 6.07 Å². The van der Waals surface area contributed by atoms with Gasteiger partial charge in [0, 0.05) is 20.0 Å². The maximum Gasteiger partial charge on any atom is 0.350 e. The van der Waals surface area contributed by atoms with Crippen molar-refractivity contribution in [3.63, 3.8) is 0 Å². The number of nitro groups is 1. The summed E-state index contributed by atoms with van der Waals surface area (Å²) in [4.78, 5) is 34.0. The maximum atomic E-state index is 11.8. The molecule has 116 valence electrons. The van der Waals surface area contributed by atoms with E-state index in [9.17, 15) is 19.7 Å². The van der Waals surface area contributed by atoms with Gasteiger partial charge in [0.05, 0.1) is 9.40 Å². The number of ether oxygens (including phenoxy) is 2. The van der Waals surface area contributed by atoms with Crippen LogP contribution < -0.4 is 5.32 Å². The van der Waals surface area contributed by atoms with Crippen LogP contribution >= 0.6 is 15.9 Å². The molecule has 2 rings (SSSR count). The number of para-hydroxylation sites is 1. The minimum Gasteiger partial charge on any atom is -0.419 e. The number of halogens is 1. The third-order valence-corrected chi connectivity index (χ3v) is 3.30. The van der Waals surface area contributed by atoms with Gasteiger partial charge in [-0.3, -0.25) is 10.1 Å². The van der Waals surface area contributed by atoms with Gasteiger partial charge in [-0.15, -0.1) is 0 Å². The largest absolute Gasteiger partial charge is 0.419 e. The van der Waals surface area contributed by atoms with Crippen molar-refractivity contribution >= 4 is 39.2 Å². The highest BCUT2D eigenvalue weighted by Gasteiger charge is 2.39. The van der Waals surface area contributed by atoms with Crippen molar-refractivity contribution in [2.75, 3.05) is 5.32 Å². The van der Waals surface area contributed by atoms with Crippen molar-refractivity contribution in [1.82, 2.24) is 0 Å². The van der Waals surface area contributed by atoms with Gasteiger partial charge in [0.2, 0.25) is 0 Å². The zero-order valence-corrected chi connectivity index (χ0v) is 13.2. The molecule has 0 spiro atoms. The predicted octanol–water partition coefficient (Wildman–Crippen LogP) is 2.49. The molecule has 0 saturated carbocycles. The SMILES string of the molecule is CC1(C)OC(=O)C(=CNc2cccc(Br)c2[N+](=O)[O-])C(=O)O1. The number of carbonyl (C=O) groups is 2. The monoisotopic (exact) mass is 370 g/mol. The Morgan fingerprint density at radius 2 is 1.86 bits per heavy atom. The van der Waals surface area contributed by atoms with Crippen molar-refractivity contribution in [3.05, 3.63) is 44.6 Å². The number of benzene rings is 1. The molecule has 9 heteroatoms. The van der Waals surface area contributed by atoms with Crippen LogP contribution in [-0.4, -0.2) is 22.6 Å². The minimum absolute atomic E-state index is 0.109. The molecule has 1 aromatic rings. The van der Waals surface area contributed by atoms with E-state index >= 15 is 0 Å². The van der Waals surface area contributed by atoms with Gasteiger partial charge in [0.25, 0.3) is 5.79 Å². The fraction of sp³-hybridized carbons (Fsp3) is 0.231. The van der Waals surface area contributed by atoms with Gasteiger partial charge < -0.3 is 14.8 Å². The van der Waals surface area contributed by atoms with Gasteiger partial charge in [-0.2, -0.15) is 0 Å². The quantitative estimate of drug-likeness (QED) is 0.286. The van der Waals surface area contributed by atoms with E-state index in [0.29, 0.717) is 0 Å². The van der Waals surface area contributed by atoms with Gasteiger partial charge >= 0.3 is 17.6 Å². The normalized spacial score (nSPS) is 16.6. The van der Waals surface area contributed by atoms with Gasteiger partial charge in [0.1, 0.15) is 5.69 Å². The molecule has 0 bridgehead atoms. The number of rotatable bonds is 3. The van der Waals surface area contributed by atoms with E-state index in [-0.39, 0.29) is 21.4 Å². The molecule has 22 heavy (non-hydrogen) atoms. The number of nitrogens with zero attached hydrogens (tertiary/aromatic N) is 1. The van der Waals surface area contributed by atoms with Gasteiger partial charge in [-0.05, 0) is 28.1 Å². The van der Waals surface area contributed by atoms with Gasteiger partial charge in [0.15, 0.2) is 5.57 Å². The number of cyclic esters (lactones) is 2. The molecule has 0 radical (unpaired) electrons. The summed E-state index contributed by atoms with van der Waals surface area (Å²) in [6.45, 7) is 2.85. The zero-order chi connectivity index (χ0) is 16.5. The Bertz CT molecular complexity index is 676. The molecule has 0 aromatic heterocycles. The third kappa shape index (κ3) is 3.25. The average Bonchev–Trinajstić information content (AvgIpc) is 2.35. The molecule has 8 nitrogen and oxygen atoms in total. The summed E-state index contributed by atoms with van der Waals surface area (Å²) < 4.78 is 10.1. The van der Waals surface area contributed by atoms with E-state index < -0.39 is 22.6 Å². The lowest BCUT2D eigenvalue weighted by Crippen LogP contribution is -2.42. The Kier molecular flexibility index (Phi) is 4.18. The Balaban J connectivity index is 2.30. The number of nitro benzene ring substituents is 1. The molecule has 1 aliphatic heterocycles. The van der Waals surface area contributed by atoms with Crippen LogP contribution in [0.5, 0.6) is 0 Å². The second-order valence-corrected chi connectivity index (χ2v) is 5.63. The number of anilines is 1. The lowest BCUT2D eigenvalue weighted by molar-refractivity contribution is -0.384. The molecule has 1 aromatic carbocycles. The first-order valence-corrected chi connectivity index (χ1v) is 6.87. The molecule has 0 aliphatic carbocycles. The first-order chi connectivity index (χ1) is 10.2. The summed E-state index contributed by atoms with van der Waals surface area (Å²) in [5, 5.41) is 13.6. The van der Waals surface area contributed by atoms with E-state index in [1.807, 2.05) is 0 Å². The summed E-state index contributed by atoms with van der Waals surface area (Å²) in [5.74, 6) is -3.08. The molecule has 1 fully saturated rings. The lowest BCUT2D eigenvalue weighted by atomic mass is 10.2. The minimum atomic E-state index is -1.34. The smallest absolute Gasteiger partial charge is 0.350 e. The Morgan fingerprint density at radius 3 is 2.41 bits per heavy atom. The van der Waals surface area contributed by atoms with Crippen molar-refractivity contribution in [2.24, 2.45) is 0 Å². The molecular formula is C13H11BrN2O6. The lowest BCUT2D eigenvalue weighted by Gasteiger charge is -2.29. The highest BCUT2D eigenvalue weighted by Crippen LogP contribution is 2.33. The highest BCUT2D eigenvalue weighted by molar-refractivity contribution is 9.10. The van der Waals surface area contributed by atoms with Crippen LogP contribution in [0.1, 0.15) is 13.8 Å². The van der Waals surface area contributed by atoms with E-state index in [4.69, 9.17) is 9.47 Å². The van der Waals surface area contributed by atoms with Crippen LogP contribution in [0.25, 0.3) is 0 Å². The second kappa shape index (κ2) is 5.76. The topological polar surface area (TPSA) is 108 Å². The van der Waals surface area contributed by atoms with Crippen LogP contribution in [0.15, 0.2) is 34.4 Å². The molecule has 1 N–H and O–H groups in total. The van der Waals surface area contributed by atoms with Crippen LogP contribution in [0, 0.1) is 10.1 Å². The van der Waals surface area contributed by atoms with Crippen LogP contribution in [0.3, 0.4) is 0 Å². The summed E-state index contributed by atoms with van der Waals surface area (Å²) in [6, 6.07) is 4.50. The number of esters is 2. The fourth-order valence-corrected chi connectivity index (χ4v) is 2.26. The van der Waals surface area contributed by atoms with E-state index in [2.05, 4.69) is 21.2 Å². The van der Waals surface area contributed by atoms with E-state index in [0.717, 1.165) is 6.20 Å². The predicted molar refractivity (Wildman–Crippen MR) is 78.8 cm³/mol. The summed E-state index contributed by atoms with van der Waals surface area (Å²) in [6.07, 6.45) is 1.02. The van der Waals surface area contributed by atoms with Gasteiger partial charge in [-0.25, -0.2) is 9.59 Å². The molecule has 1 aliphatic rings. The summed E-state index contributed by atoms with van der Waals surface area (Å²) in [5.41, 5.74) is -0.497. The highest BCUT2D eigenvalue weighted by atomic mass is 79.9. The summed E-state index contributed by atoms with van der Waals surface area (Å²) >= 11 is 3.07. The van der Waals surface area contributed by atoms with Crippen molar-refractivity contribution < 1.29 is 24.0 Å². The first-order valence-electron chi connectivity index (χ1n) is 6.07. The number of nitrogens with one attached hydrogen (secondary N) is 1. The Hall–Kier alpha value is -2.42.